The van der Waals surface area contributed by atoms with E-state index in [9.17, 15) is 52.3 Å². The normalized spacial score (nSPS) is 15.1. The van der Waals surface area contributed by atoms with Gasteiger partial charge < -0.3 is 78.5 Å². The van der Waals surface area contributed by atoms with Gasteiger partial charge in [-0.3, -0.25) is 34.0 Å². The second-order valence-corrected chi connectivity index (χ2v) is 45.3. The van der Waals surface area contributed by atoms with Crippen LogP contribution in [0.4, 0.5) is 48.4 Å². The Morgan fingerprint density at radius 2 is 0.847 bits per heavy atom. The highest BCUT2D eigenvalue weighted by Gasteiger charge is 2.59. The molecule has 2 saturated heterocycles. The minimum Gasteiger partial charge on any atom is -0.423 e. The minimum absolute atomic E-state index is 0.0335. The maximum Gasteiger partial charge on any atom is 0.404 e. The molecular formula is C98H99F5N22O12S7. The molecule has 34 nitrogen and oxygen atoms in total. The number of carbonyl (C=O) groups excluding carboxylic acids is 5. The Balaban J connectivity index is 0.000000130. The number of fused-ring (bicyclic) bond motifs is 7. The van der Waals surface area contributed by atoms with Gasteiger partial charge in [-0.15, -0.1) is 103 Å². The number of aromatic nitrogens is 10. The van der Waals surface area contributed by atoms with Crippen LogP contribution in [0.5, 0.6) is 11.5 Å². The molecule has 14 N–H and O–H groups in total. The van der Waals surface area contributed by atoms with Crippen LogP contribution in [0.1, 0.15) is 142 Å². The summed E-state index contributed by atoms with van der Waals surface area (Å²) >= 11 is 6.06. The number of amides is 5. The Kier molecular flexibility index (Phi) is 29.0. The van der Waals surface area contributed by atoms with Gasteiger partial charge in [0.15, 0.2) is 37.5 Å². The summed E-state index contributed by atoms with van der Waals surface area (Å²) in [6, 6.07) is 38.2. The number of nitrogens with two attached hydrogens (primary N) is 5. The molecule has 0 aliphatic carbocycles. The fourth-order valence-electron chi connectivity index (χ4n) is 16.1. The number of methoxy groups -OCH3 is 1. The fourth-order valence-corrected chi connectivity index (χ4v) is 22.7. The number of benzene rings is 6. The number of nitrogen functional groups attached to an aromatic ring is 5. The fraction of sp³-hybridized carbons (Fsp3) is 0.276. The molecule has 6 aromatic carbocycles. The van der Waals surface area contributed by atoms with E-state index in [0.717, 1.165) is 162 Å². The van der Waals surface area contributed by atoms with Gasteiger partial charge in [0.2, 0.25) is 0 Å². The quantitative estimate of drug-likeness (QED) is 0.0302. The average Bonchev–Trinajstić information content (AvgIpc) is 0.928. The van der Waals surface area contributed by atoms with E-state index < -0.39 is 36.5 Å². The summed E-state index contributed by atoms with van der Waals surface area (Å²) in [5.74, 6) is -0.763. The number of likely N-dealkylation sites (tertiary alicyclic amines) is 1. The predicted octanol–water partition coefficient (Wildman–Crippen LogP) is 16.7. The number of anilines is 5. The number of hydrogen-bond acceptors (Lipinski definition) is 34. The second-order valence-electron chi connectivity index (χ2n) is 34.9. The molecule has 20 rings (SSSR count). The first-order valence-electron chi connectivity index (χ1n) is 44.8. The van der Waals surface area contributed by atoms with Crippen LogP contribution in [0.25, 0.3) is 73.5 Å². The van der Waals surface area contributed by atoms with Crippen molar-refractivity contribution in [2.75, 3.05) is 81.3 Å². The minimum atomic E-state index is -8.21. The molecule has 4 aliphatic rings. The number of halogens is 5. The van der Waals surface area contributed by atoms with Crippen molar-refractivity contribution < 1.29 is 76.0 Å². The molecule has 16 aromatic rings. The van der Waals surface area contributed by atoms with E-state index in [0.29, 0.717) is 144 Å². The number of aryl methyl sites for hydroxylation is 8. The van der Waals surface area contributed by atoms with Crippen molar-refractivity contribution in [1.29, 1.82) is 0 Å². The third kappa shape index (κ3) is 22.3. The third-order valence-corrected chi connectivity index (χ3v) is 32.5. The molecule has 0 saturated carbocycles. The number of carbonyl (C=O) groups is 5. The maximum absolute atomic E-state index is 13.7. The van der Waals surface area contributed by atoms with Crippen LogP contribution < -0.4 is 70.1 Å². The standard InChI is InChI=1S/C27H22N4O3S2.C19H26N4O4S.C18H17FN4O3S.C17H18F4N4OS2.C17H16N6OS/c1-36(33,34)20-14-12-17(13-15-20)16-29-26(32)25-23(28)22-21(18-8-4-2-5-9-18)24(30-31-27(22)35-25)19-10-6-3-7-11-19;1-11-12(2)21-22-17-14(11)15(20)16(28-17)18(24)23-9-19(10-23,25-3)6-5-13-26-7-4-8-27-13;1-8-9(2)22-23-17-13(8)14(20)15(27-17)16(24)21-7-10-4-5-11-12(6-10)26-18(3,19)25-11;1-9-10(2)24-25-17-13(9)14(22)15(27-17)16(26)23-8-11-4-6-12(7-5-11)28(3,18,19,20)21;1-8-9(2)22-23-17-13(8)14(18)15(25-17)16(24)19-6-10-3-4-11-12(5-10)21-7-20-11/h2-15H,16,28H2,1H3,(H,29,32);13H,4-10,20H2,1-3H3;4-6H,7,20H2,1-3H3,(H,21,24);4-7H,8,22H2,1-3H3,(H,23,26);3-5H,6-7,18H2,1-2H3,(H,19,24). The smallest absolute Gasteiger partial charge is 0.404 e. The maximum atomic E-state index is 13.7. The van der Waals surface area contributed by atoms with Crippen molar-refractivity contribution in [1.82, 2.24) is 77.2 Å². The second kappa shape index (κ2) is 40.6. The number of nitrogens with one attached hydrogen (secondary N) is 4. The lowest BCUT2D eigenvalue weighted by Gasteiger charge is -2.49. The molecule has 0 bridgehead atoms. The summed E-state index contributed by atoms with van der Waals surface area (Å²) < 4.78 is 118. The Morgan fingerprint density at radius 3 is 1.29 bits per heavy atom. The van der Waals surface area contributed by atoms with Crippen molar-refractivity contribution >= 4 is 185 Å². The van der Waals surface area contributed by atoms with Gasteiger partial charge in [-0.05, 0) is 167 Å². The van der Waals surface area contributed by atoms with Gasteiger partial charge >= 0.3 is 6.04 Å². The number of nitrogens with zero attached hydrogens (tertiary/aromatic N) is 13. The number of alkyl halides is 1. The van der Waals surface area contributed by atoms with E-state index in [4.69, 9.17) is 52.4 Å². The Labute approximate surface area is 841 Å². The van der Waals surface area contributed by atoms with Crippen molar-refractivity contribution in [2.24, 2.45) is 9.98 Å². The summed E-state index contributed by atoms with van der Waals surface area (Å²) in [5, 5.41) is 58.5. The van der Waals surface area contributed by atoms with Crippen LogP contribution in [0.15, 0.2) is 165 Å². The average molecular weight is 2100 g/mol. The van der Waals surface area contributed by atoms with Gasteiger partial charge in [-0.2, -0.15) is 24.8 Å². The molecule has 10 aromatic heterocycles. The molecular weight excluding hydrogens is 2000 g/mol. The lowest BCUT2D eigenvalue weighted by Crippen LogP contribution is -2.64. The SMILES string of the molecule is COC1(CCC2OCCCO2)CN(C(=O)c2sc3nnc(C)c(C)c3c2N)C1.CS(=O)(=O)c1ccc(CNC(=O)c2sc3nnc(-c4ccccc4)c(-c4ccccc4)c3c2N)cc1.Cc1nnc2sc(C(=O)NCc3ccc(S(C)(F)(F)(F)F)cc3)c(N)c2c1C.Cc1nnc2sc(C(=O)NCc3ccc4c(c3)=NCN=4)c(N)c2c1C.Cc1nnc2sc(C(=O)NCc3ccc4c(c3)OC(C)(F)O4)c(N)c2c1C. The Hall–Kier alpha value is -14.1. The Bertz CT molecular complexity index is 8020. The third-order valence-electron chi connectivity index (χ3n) is 24.5. The number of thiophene rings is 5. The highest BCUT2D eigenvalue weighted by Crippen LogP contribution is 2.98. The first-order valence-corrected chi connectivity index (χ1v) is 53.2. The van der Waals surface area contributed by atoms with Crippen LogP contribution in [-0.2, 0) is 50.2 Å². The molecule has 46 heteroatoms. The molecule has 144 heavy (non-hydrogen) atoms. The molecule has 1 unspecified atom stereocenters. The van der Waals surface area contributed by atoms with Crippen molar-refractivity contribution in [3.05, 3.63) is 248 Å². The van der Waals surface area contributed by atoms with Crippen molar-refractivity contribution in [2.45, 2.75) is 135 Å². The van der Waals surface area contributed by atoms with Gasteiger partial charge in [-0.25, -0.2) is 8.42 Å². The van der Waals surface area contributed by atoms with Gasteiger partial charge in [0.25, 0.3) is 29.5 Å². The zero-order valence-corrected chi connectivity index (χ0v) is 85.5. The molecule has 1 atom stereocenters. The largest absolute Gasteiger partial charge is 0.423 e. The van der Waals surface area contributed by atoms with Crippen LogP contribution >= 0.6 is 66.5 Å². The first kappa shape index (κ1) is 103. The van der Waals surface area contributed by atoms with E-state index in [1.165, 1.54) is 64.4 Å². The Morgan fingerprint density at radius 1 is 0.472 bits per heavy atom. The van der Waals surface area contributed by atoms with Gasteiger partial charge in [0.1, 0.15) is 66.5 Å². The van der Waals surface area contributed by atoms with Crippen LogP contribution in [-0.4, -0.2) is 164 Å². The van der Waals surface area contributed by atoms with E-state index in [-0.39, 0.29) is 76.9 Å². The molecule has 5 amide bonds. The van der Waals surface area contributed by atoms with E-state index in [2.05, 4.69) is 82.2 Å². The lowest BCUT2D eigenvalue weighted by molar-refractivity contribution is -0.194. The van der Waals surface area contributed by atoms with Crippen LogP contribution in [0.2, 0.25) is 0 Å². The van der Waals surface area contributed by atoms with Gasteiger partial charge in [0, 0.05) is 90.9 Å². The zero-order chi connectivity index (χ0) is 103. The summed E-state index contributed by atoms with van der Waals surface area (Å²) in [6.07, 6.45) is 3.14. The number of rotatable bonds is 21. The highest BCUT2D eigenvalue weighted by atomic mass is 32.5. The predicted molar refractivity (Wildman–Crippen MR) is 551 cm³/mol. The van der Waals surface area contributed by atoms with Crippen molar-refractivity contribution in [3.63, 3.8) is 0 Å². The summed E-state index contributed by atoms with van der Waals surface area (Å²) in [7, 11) is -9.80. The van der Waals surface area contributed by atoms with Gasteiger partial charge in [-0.1, -0.05) is 97.1 Å². The highest BCUT2D eigenvalue weighted by molar-refractivity contribution is 8.49. The van der Waals surface area contributed by atoms with E-state index in [1.54, 1.807) is 49.3 Å². The molecule has 4 aliphatic heterocycles. The molecule has 0 spiro atoms. The van der Waals surface area contributed by atoms with E-state index >= 15 is 0 Å². The lowest BCUT2D eigenvalue weighted by atomic mass is 9.88. The topological polar surface area (TPSA) is 501 Å². The monoisotopic (exact) mass is 2090 g/mol. The number of hydrogen-bond donors (Lipinski definition) is 9. The molecule has 14 heterocycles. The summed E-state index contributed by atoms with van der Waals surface area (Å²) in [5.41, 5.74) is 46.1. The molecule has 2 fully saturated rings. The summed E-state index contributed by atoms with van der Waals surface area (Å²) in [4.78, 5) is 78.2. The van der Waals surface area contributed by atoms with Gasteiger partial charge in [0.05, 0.1) is 104 Å². The van der Waals surface area contributed by atoms with Crippen LogP contribution in [0, 0.1) is 55.4 Å². The van der Waals surface area contributed by atoms with E-state index in [1.807, 2.05) is 127 Å². The first-order chi connectivity index (χ1) is 68.2. The number of ether oxygens (including phenoxy) is 5. The summed E-state index contributed by atoms with van der Waals surface area (Å²) in [6.45, 7) is 20.1. The van der Waals surface area contributed by atoms with Crippen molar-refractivity contribution in [3.8, 4) is 33.9 Å². The molecule has 750 valence electrons. The van der Waals surface area contributed by atoms with Crippen LogP contribution in [0.3, 0.4) is 0 Å². The zero-order valence-electron chi connectivity index (χ0n) is 79.8. The molecule has 0 radical (unpaired) electrons. The number of sulfone groups is 1.